The minimum atomic E-state index is -4.46. The lowest BCUT2D eigenvalue weighted by Gasteiger charge is -2.36. The number of carbonyl (C=O) groups excluding carboxylic acids is 2. The summed E-state index contributed by atoms with van der Waals surface area (Å²) >= 11 is 0. The first-order valence-electron chi connectivity index (χ1n) is 9.39. The zero-order chi connectivity index (χ0) is 19.8. The average molecular weight is 382 g/mol. The van der Waals surface area contributed by atoms with E-state index in [9.17, 15) is 22.8 Å². The summed E-state index contributed by atoms with van der Waals surface area (Å²) in [7, 11) is 0. The van der Waals surface area contributed by atoms with E-state index >= 15 is 0 Å². The first-order chi connectivity index (χ1) is 12.6. The molecule has 0 spiro atoms. The molecule has 2 saturated heterocycles. The van der Waals surface area contributed by atoms with Crippen LogP contribution in [-0.2, 0) is 9.59 Å². The van der Waals surface area contributed by atoms with Gasteiger partial charge in [-0.25, -0.2) is 0 Å². The van der Waals surface area contributed by atoms with Gasteiger partial charge in [0.15, 0.2) is 0 Å². The number of amides is 2. The van der Waals surface area contributed by atoms with E-state index in [1.165, 1.54) is 16.7 Å². The van der Waals surface area contributed by atoms with E-state index in [-0.39, 0.29) is 18.7 Å². The molecule has 2 fully saturated rings. The number of hydrogen-bond acceptors (Lipinski definition) is 2. The fraction of sp³-hybridized carbons (Fsp3) is 0.600. The van der Waals surface area contributed by atoms with Crippen molar-refractivity contribution in [3.8, 4) is 0 Å². The lowest BCUT2D eigenvalue weighted by atomic mass is 9.86. The second kappa shape index (κ2) is 7.52. The molecule has 2 aliphatic heterocycles. The molecule has 0 bridgehead atoms. The Labute approximate surface area is 157 Å². The maximum absolute atomic E-state index is 12.7. The number of carbonyl (C=O) groups is 2. The predicted octanol–water partition coefficient (Wildman–Crippen LogP) is 3.47. The van der Waals surface area contributed by atoms with Crippen molar-refractivity contribution in [3.05, 3.63) is 34.9 Å². The molecule has 1 N–H and O–H groups in total. The van der Waals surface area contributed by atoms with Gasteiger partial charge in [0.05, 0.1) is 0 Å². The number of likely N-dealkylation sites (tertiary alicyclic amines) is 1. The SMILES string of the molecule is Cc1cc(C)cc(C2CCN(C(=O)C3CCC(C(F)(F)F)NC3=O)CC2)c1. The molecular formula is C20H25F3N2O2. The summed E-state index contributed by atoms with van der Waals surface area (Å²) < 4.78 is 38.2. The molecule has 27 heavy (non-hydrogen) atoms. The van der Waals surface area contributed by atoms with Gasteiger partial charge in [0, 0.05) is 13.1 Å². The largest absolute Gasteiger partial charge is 0.408 e. The van der Waals surface area contributed by atoms with Crippen LogP contribution in [-0.4, -0.2) is 42.0 Å². The molecule has 0 aromatic heterocycles. The normalized spacial score (nSPS) is 24.6. The Bertz CT molecular complexity index is 704. The standard InChI is InChI=1S/C20H25F3N2O2/c1-12-9-13(2)11-15(10-12)14-5-7-25(8-6-14)19(27)16-3-4-17(20(21,22)23)24-18(16)26/h9-11,14,16-17H,3-8H2,1-2H3,(H,24,26). The zero-order valence-corrected chi connectivity index (χ0v) is 15.6. The molecule has 1 aromatic carbocycles. The third kappa shape index (κ3) is 4.45. The summed E-state index contributed by atoms with van der Waals surface area (Å²) in [5.74, 6) is -1.78. The van der Waals surface area contributed by atoms with E-state index in [2.05, 4.69) is 32.0 Å². The van der Waals surface area contributed by atoms with Crippen molar-refractivity contribution in [2.24, 2.45) is 5.92 Å². The highest BCUT2D eigenvalue weighted by atomic mass is 19.4. The van der Waals surface area contributed by atoms with Crippen LogP contribution in [0.3, 0.4) is 0 Å². The molecule has 2 unspecified atom stereocenters. The van der Waals surface area contributed by atoms with Gasteiger partial charge in [-0.2, -0.15) is 13.2 Å². The topological polar surface area (TPSA) is 49.4 Å². The van der Waals surface area contributed by atoms with Gasteiger partial charge in [0.25, 0.3) is 0 Å². The number of nitrogens with one attached hydrogen (secondary N) is 1. The van der Waals surface area contributed by atoms with Gasteiger partial charge in [-0.1, -0.05) is 29.3 Å². The summed E-state index contributed by atoms with van der Waals surface area (Å²) in [6, 6.07) is 4.62. The molecule has 0 aliphatic carbocycles. The van der Waals surface area contributed by atoms with Crippen molar-refractivity contribution in [1.82, 2.24) is 10.2 Å². The fourth-order valence-electron chi connectivity index (χ4n) is 4.19. The van der Waals surface area contributed by atoms with Crippen molar-refractivity contribution in [2.75, 3.05) is 13.1 Å². The van der Waals surface area contributed by atoms with E-state index in [1.807, 2.05) is 5.32 Å². The van der Waals surface area contributed by atoms with Crippen LogP contribution in [0.25, 0.3) is 0 Å². The molecule has 2 aliphatic rings. The summed E-state index contributed by atoms with van der Waals surface area (Å²) in [6.07, 6.45) is -3.16. The van der Waals surface area contributed by atoms with E-state index in [1.54, 1.807) is 4.90 Å². The van der Waals surface area contributed by atoms with Gasteiger partial charge in [-0.05, 0) is 51.0 Å². The van der Waals surface area contributed by atoms with Crippen molar-refractivity contribution >= 4 is 11.8 Å². The van der Waals surface area contributed by atoms with Crippen LogP contribution in [0.4, 0.5) is 13.2 Å². The van der Waals surface area contributed by atoms with Crippen LogP contribution in [0.15, 0.2) is 18.2 Å². The molecule has 1 aromatic rings. The van der Waals surface area contributed by atoms with Gasteiger partial charge < -0.3 is 10.2 Å². The molecule has 2 atom stereocenters. The lowest BCUT2D eigenvalue weighted by Crippen LogP contribution is -2.55. The molecule has 0 radical (unpaired) electrons. The highest BCUT2D eigenvalue weighted by Crippen LogP contribution is 2.32. The number of piperidine rings is 2. The van der Waals surface area contributed by atoms with Crippen LogP contribution < -0.4 is 5.32 Å². The van der Waals surface area contributed by atoms with Crippen LogP contribution >= 0.6 is 0 Å². The van der Waals surface area contributed by atoms with Crippen LogP contribution in [0.2, 0.25) is 0 Å². The summed E-state index contributed by atoms with van der Waals surface area (Å²) in [6.45, 7) is 5.18. The monoisotopic (exact) mass is 382 g/mol. The Kier molecular flexibility index (Phi) is 5.49. The Morgan fingerprint density at radius 2 is 1.63 bits per heavy atom. The second-order valence-electron chi connectivity index (χ2n) is 7.75. The number of benzene rings is 1. The second-order valence-corrected chi connectivity index (χ2v) is 7.75. The number of nitrogens with zero attached hydrogens (tertiary/aromatic N) is 1. The van der Waals surface area contributed by atoms with Crippen LogP contribution in [0, 0.1) is 19.8 Å². The Balaban J connectivity index is 1.58. The number of alkyl halides is 3. The van der Waals surface area contributed by atoms with Gasteiger partial charge in [-0.3, -0.25) is 9.59 Å². The maximum atomic E-state index is 12.7. The van der Waals surface area contributed by atoms with Crippen LogP contribution in [0.1, 0.15) is 48.3 Å². The van der Waals surface area contributed by atoms with E-state index in [4.69, 9.17) is 0 Å². The van der Waals surface area contributed by atoms with Gasteiger partial charge in [0.1, 0.15) is 12.0 Å². The lowest BCUT2D eigenvalue weighted by molar-refractivity contribution is -0.172. The molecule has 0 saturated carbocycles. The highest BCUT2D eigenvalue weighted by molar-refractivity contribution is 6.00. The molecular weight excluding hydrogens is 357 g/mol. The number of halogens is 3. The van der Waals surface area contributed by atoms with E-state index in [0.717, 1.165) is 12.8 Å². The summed E-state index contributed by atoms with van der Waals surface area (Å²) in [5.41, 5.74) is 3.69. The highest BCUT2D eigenvalue weighted by Gasteiger charge is 2.46. The van der Waals surface area contributed by atoms with Crippen molar-refractivity contribution < 1.29 is 22.8 Å². The van der Waals surface area contributed by atoms with Gasteiger partial charge >= 0.3 is 6.18 Å². The van der Waals surface area contributed by atoms with Gasteiger partial charge in [-0.15, -0.1) is 0 Å². The quantitative estimate of drug-likeness (QED) is 0.797. The average Bonchev–Trinajstić information content (AvgIpc) is 2.59. The van der Waals surface area contributed by atoms with E-state index in [0.29, 0.717) is 19.0 Å². The number of hydrogen-bond donors (Lipinski definition) is 1. The molecule has 148 valence electrons. The van der Waals surface area contributed by atoms with E-state index < -0.39 is 24.0 Å². The molecule has 2 heterocycles. The van der Waals surface area contributed by atoms with Crippen molar-refractivity contribution in [2.45, 2.75) is 57.7 Å². The summed E-state index contributed by atoms with van der Waals surface area (Å²) in [5, 5.41) is 1.96. The third-order valence-electron chi connectivity index (χ3n) is 5.59. The number of rotatable bonds is 2. The Morgan fingerprint density at radius 3 is 2.15 bits per heavy atom. The Hall–Kier alpha value is -2.05. The zero-order valence-electron chi connectivity index (χ0n) is 15.6. The Morgan fingerprint density at radius 1 is 1.04 bits per heavy atom. The van der Waals surface area contributed by atoms with Crippen LogP contribution in [0.5, 0.6) is 0 Å². The first kappa shape index (κ1) is 19.7. The molecule has 3 rings (SSSR count). The molecule has 4 nitrogen and oxygen atoms in total. The number of aryl methyl sites for hydroxylation is 2. The molecule has 2 amide bonds. The van der Waals surface area contributed by atoms with Gasteiger partial charge in [0.2, 0.25) is 11.8 Å². The smallest absolute Gasteiger partial charge is 0.344 e. The summed E-state index contributed by atoms with van der Waals surface area (Å²) in [4.78, 5) is 26.3. The molecule has 7 heteroatoms. The minimum absolute atomic E-state index is 0.0498. The first-order valence-corrected chi connectivity index (χ1v) is 9.39. The minimum Gasteiger partial charge on any atom is -0.344 e. The van der Waals surface area contributed by atoms with Crippen molar-refractivity contribution in [3.63, 3.8) is 0 Å². The fourth-order valence-corrected chi connectivity index (χ4v) is 4.19. The maximum Gasteiger partial charge on any atom is 0.408 e. The third-order valence-corrected chi connectivity index (χ3v) is 5.59. The van der Waals surface area contributed by atoms with Crippen molar-refractivity contribution in [1.29, 1.82) is 0 Å². The predicted molar refractivity (Wildman–Crippen MR) is 95.2 cm³/mol.